The van der Waals surface area contributed by atoms with Crippen LogP contribution >= 0.6 is 24.0 Å². The maximum absolute atomic E-state index is 13.1. The molecule has 1 aromatic carbocycles. The Morgan fingerprint density at radius 1 is 1.47 bits per heavy atom. The van der Waals surface area contributed by atoms with Gasteiger partial charge in [0.15, 0.2) is 11.6 Å². The van der Waals surface area contributed by atoms with E-state index in [1.165, 1.54) is 18.2 Å². The number of benzene rings is 1. The molecule has 1 saturated carbocycles. The number of hydrogen-bond acceptors (Lipinski definition) is 2. The maximum Gasteiger partial charge on any atom is 0.165 e. The molecule has 0 bridgehead atoms. The van der Waals surface area contributed by atoms with Crippen molar-refractivity contribution in [2.45, 2.75) is 18.4 Å². The predicted molar refractivity (Wildman–Crippen MR) is 60.3 cm³/mol. The Hall–Kier alpha value is -0.510. The second-order valence-corrected chi connectivity index (χ2v) is 4.16. The number of hydrogen-bond donors (Lipinski definition) is 1. The van der Waals surface area contributed by atoms with E-state index in [-0.39, 0.29) is 23.7 Å². The third kappa shape index (κ3) is 3.23. The Bertz CT molecular complexity index is 355. The van der Waals surface area contributed by atoms with Crippen molar-refractivity contribution in [3.05, 3.63) is 29.0 Å². The quantitative estimate of drug-likeness (QED) is 0.897. The fourth-order valence-electron chi connectivity index (χ4n) is 1.11. The van der Waals surface area contributed by atoms with Crippen molar-refractivity contribution in [3.63, 3.8) is 0 Å². The van der Waals surface area contributed by atoms with Gasteiger partial charge in [0, 0.05) is 11.1 Å². The van der Waals surface area contributed by atoms with Gasteiger partial charge in [-0.15, -0.1) is 12.4 Å². The van der Waals surface area contributed by atoms with Crippen LogP contribution in [0.15, 0.2) is 18.2 Å². The molecule has 2 nitrogen and oxygen atoms in total. The van der Waals surface area contributed by atoms with Gasteiger partial charge in [0.25, 0.3) is 0 Å². The molecule has 1 aromatic rings. The van der Waals surface area contributed by atoms with Crippen LogP contribution in [0, 0.1) is 5.82 Å². The zero-order valence-electron chi connectivity index (χ0n) is 8.00. The Balaban J connectivity index is 0.00000112. The normalized spacial score (nSPS) is 16.7. The van der Waals surface area contributed by atoms with Crippen molar-refractivity contribution < 1.29 is 9.13 Å². The molecule has 0 heterocycles. The first-order valence-corrected chi connectivity index (χ1v) is 4.84. The molecule has 2 rings (SSSR count). The first-order chi connectivity index (χ1) is 6.59. The minimum atomic E-state index is -0.404. The fourth-order valence-corrected chi connectivity index (χ4v) is 1.28. The van der Waals surface area contributed by atoms with Gasteiger partial charge >= 0.3 is 0 Å². The topological polar surface area (TPSA) is 35.2 Å². The highest BCUT2D eigenvalue weighted by atomic mass is 35.5. The standard InChI is InChI=1S/C10H11ClFNO.ClH/c11-7-1-2-8(12)9(5-7)14-6-10(13)3-4-10;/h1-2,5H,3-4,6,13H2;1H. The summed E-state index contributed by atoms with van der Waals surface area (Å²) in [4.78, 5) is 0. The highest BCUT2D eigenvalue weighted by molar-refractivity contribution is 6.30. The molecule has 2 N–H and O–H groups in total. The molecule has 84 valence electrons. The van der Waals surface area contributed by atoms with Gasteiger partial charge in [0.1, 0.15) is 6.61 Å². The minimum absolute atomic E-state index is 0. The molecule has 0 aromatic heterocycles. The van der Waals surface area contributed by atoms with Crippen molar-refractivity contribution in [2.24, 2.45) is 5.73 Å². The van der Waals surface area contributed by atoms with E-state index in [2.05, 4.69) is 0 Å². The zero-order valence-corrected chi connectivity index (χ0v) is 9.58. The molecule has 0 atom stereocenters. The lowest BCUT2D eigenvalue weighted by molar-refractivity contribution is 0.267. The van der Waals surface area contributed by atoms with Crippen LogP contribution < -0.4 is 10.5 Å². The van der Waals surface area contributed by atoms with E-state index in [9.17, 15) is 4.39 Å². The van der Waals surface area contributed by atoms with Gasteiger partial charge in [-0.3, -0.25) is 0 Å². The second-order valence-electron chi connectivity index (χ2n) is 3.73. The van der Waals surface area contributed by atoms with E-state index in [1.54, 1.807) is 0 Å². The second kappa shape index (κ2) is 4.56. The molecular formula is C10H12Cl2FNO. The molecule has 0 radical (unpaired) electrons. The molecule has 1 fully saturated rings. The van der Waals surface area contributed by atoms with Crippen LogP contribution in [-0.2, 0) is 0 Å². The molecule has 15 heavy (non-hydrogen) atoms. The molecule has 0 saturated heterocycles. The van der Waals surface area contributed by atoms with Crippen molar-refractivity contribution in [1.29, 1.82) is 0 Å². The third-order valence-corrected chi connectivity index (χ3v) is 2.54. The van der Waals surface area contributed by atoms with Crippen molar-refractivity contribution in [2.75, 3.05) is 6.61 Å². The molecule has 0 amide bonds. The van der Waals surface area contributed by atoms with Crippen LogP contribution in [-0.4, -0.2) is 12.1 Å². The molecule has 1 aliphatic rings. The smallest absolute Gasteiger partial charge is 0.165 e. The van der Waals surface area contributed by atoms with Crippen LogP contribution in [0.2, 0.25) is 5.02 Å². The SMILES string of the molecule is Cl.NC1(COc2cc(Cl)ccc2F)CC1. The molecule has 5 heteroatoms. The van der Waals surface area contributed by atoms with Crippen molar-refractivity contribution >= 4 is 24.0 Å². The third-order valence-electron chi connectivity index (χ3n) is 2.30. The van der Waals surface area contributed by atoms with Crippen LogP contribution in [0.5, 0.6) is 5.75 Å². The Kier molecular flexibility index (Phi) is 3.82. The van der Waals surface area contributed by atoms with Gasteiger partial charge in [-0.05, 0) is 25.0 Å². The van der Waals surface area contributed by atoms with E-state index in [1.807, 2.05) is 0 Å². The average Bonchev–Trinajstić information content (AvgIpc) is 2.87. The lowest BCUT2D eigenvalue weighted by Crippen LogP contribution is -2.29. The van der Waals surface area contributed by atoms with E-state index in [4.69, 9.17) is 22.1 Å². The van der Waals surface area contributed by atoms with Crippen LogP contribution in [0.4, 0.5) is 4.39 Å². The van der Waals surface area contributed by atoms with Crippen molar-refractivity contribution in [1.82, 2.24) is 0 Å². The number of ether oxygens (including phenoxy) is 1. The minimum Gasteiger partial charge on any atom is -0.489 e. The Labute approximate surface area is 99.0 Å². The van der Waals surface area contributed by atoms with Gasteiger partial charge in [-0.25, -0.2) is 4.39 Å². The monoisotopic (exact) mass is 251 g/mol. The van der Waals surface area contributed by atoms with Gasteiger partial charge in [-0.2, -0.15) is 0 Å². The molecule has 0 spiro atoms. The summed E-state index contributed by atoms with van der Waals surface area (Å²) in [6.45, 7) is 0.351. The number of nitrogens with two attached hydrogens (primary N) is 1. The molecule has 0 aliphatic heterocycles. The summed E-state index contributed by atoms with van der Waals surface area (Å²) in [7, 11) is 0. The van der Waals surface area contributed by atoms with E-state index < -0.39 is 5.82 Å². The summed E-state index contributed by atoms with van der Waals surface area (Å²) in [6, 6.07) is 4.23. The van der Waals surface area contributed by atoms with Crippen LogP contribution in [0.3, 0.4) is 0 Å². The van der Waals surface area contributed by atoms with Gasteiger partial charge < -0.3 is 10.5 Å². The van der Waals surface area contributed by atoms with Crippen molar-refractivity contribution in [3.8, 4) is 5.75 Å². The Morgan fingerprint density at radius 2 is 2.13 bits per heavy atom. The Morgan fingerprint density at radius 3 is 2.73 bits per heavy atom. The highest BCUT2D eigenvalue weighted by Gasteiger charge is 2.39. The first kappa shape index (κ1) is 12.6. The average molecular weight is 252 g/mol. The molecular weight excluding hydrogens is 240 g/mol. The first-order valence-electron chi connectivity index (χ1n) is 4.46. The van der Waals surface area contributed by atoms with Gasteiger partial charge in [0.2, 0.25) is 0 Å². The van der Waals surface area contributed by atoms with E-state index >= 15 is 0 Å². The number of rotatable bonds is 3. The summed E-state index contributed by atoms with van der Waals surface area (Å²) >= 11 is 5.70. The summed E-state index contributed by atoms with van der Waals surface area (Å²) in [6.07, 6.45) is 1.88. The summed E-state index contributed by atoms with van der Waals surface area (Å²) < 4.78 is 18.4. The predicted octanol–water partition coefficient (Wildman–Crippen LogP) is 2.77. The lowest BCUT2D eigenvalue weighted by Gasteiger charge is -2.11. The van der Waals surface area contributed by atoms with Crippen LogP contribution in [0.25, 0.3) is 0 Å². The van der Waals surface area contributed by atoms with E-state index in [0.29, 0.717) is 11.6 Å². The zero-order chi connectivity index (χ0) is 10.2. The van der Waals surface area contributed by atoms with Gasteiger partial charge in [0.05, 0.1) is 5.54 Å². The molecule has 1 aliphatic carbocycles. The van der Waals surface area contributed by atoms with Gasteiger partial charge in [-0.1, -0.05) is 11.6 Å². The largest absolute Gasteiger partial charge is 0.489 e. The lowest BCUT2D eigenvalue weighted by atomic mass is 10.3. The summed E-state index contributed by atoms with van der Waals surface area (Å²) in [5, 5.41) is 0.461. The number of halogens is 3. The highest BCUT2D eigenvalue weighted by Crippen LogP contribution is 2.33. The molecule has 0 unspecified atom stereocenters. The summed E-state index contributed by atoms with van der Waals surface area (Å²) in [5.41, 5.74) is 5.56. The van der Waals surface area contributed by atoms with Crippen LogP contribution in [0.1, 0.15) is 12.8 Å². The summed E-state index contributed by atoms with van der Waals surface area (Å²) in [5.74, 6) is -0.229. The maximum atomic E-state index is 13.1. The fraction of sp³-hybridized carbons (Fsp3) is 0.400. The van der Waals surface area contributed by atoms with E-state index in [0.717, 1.165) is 12.8 Å².